The van der Waals surface area contributed by atoms with Crippen molar-refractivity contribution in [3.8, 4) is 0 Å². The standard InChI is InChI=1S/C14H18BNO6/c15-14(20)21-10-4-2-1-3-9(5-6-10)13(19)22-16-11(17)7-8-12(16)18/h2,4,9-10H,1,3,5-8,15H2/b4-2+. The van der Waals surface area contributed by atoms with Crippen LogP contribution in [0.1, 0.15) is 38.5 Å². The van der Waals surface area contributed by atoms with E-state index in [4.69, 9.17) is 9.57 Å². The molecule has 22 heavy (non-hydrogen) atoms. The zero-order chi connectivity index (χ0) is 16.1. The van der Waals surface area contributed by atoms with Gasteiger partial charge in [-0.3, -0.25) is 14.4 Å². The van der Waals surface area contributed by atoms with E-state index in [1.165, 1.54) is 7.85 Å². The van der Waals surface area contributed by atoms with Crippen molar-refractivity contribution in [2.45, 2.75) is 44.6 Å². The smallest absolute Gasteiger partial charge is 0.336 e. The molecule has 2 amide bonds. The summed E-state index contributed by atoms with van der Waals surface area (Å²) in [6, 6.07) is 0. The van der Waals surface area contributed by atoms with Crippen molar-refractivity contribution in [3.63, 3.8) is 0 Å². The van der Waals surface area contributed by atoms with Gasteiger partial charge in [0.25, 0.3) is 11.8 Å². The fourth-order valence-corrected chi connectivity index (χ4v) is 2.52. The monoisotopic (exact) mass is 307 g/mol. The molecule has 0 aromatic rings. The quantitative estimate of drug-likeness (QED) is 0.428. The van der Waals surface area contributed by atoms with Crippen LogP contribution in [0.2, 0.25) is 0 Å². The van der Waals surface area contributed by atoms with Crippen LogP contribution >= 0.6 is 0 Å². The lowest BCUT2D eigenvalue weighted by Crippen LogP contribution is -2.35. The molecule has 2 aliphatic rings. The largest absolute Gasteiger partial charge is 0.467 e. The predicted molar refractivity (Wildman–Crippen MR) is 77.1 cm³/mol. The van der Waals surface area contributed by atoms with Gasteiger partial charge < -0.3 is 9.57 Å². The Hall–Kier alpha value is -2.12. The average Bonchev–Trinajstić information content (AvgIpc) is 2.73. The average molecular weight is 307 g/mol. The van der Waals surface area contributed by atoms with E-state index < -0.39 is 23.7 Å². The topological polar surface area (TPSA) is 90.0 Å². The minimum atomic E-state index is -0.583. The van der Waals surface area contributed by atoms with E-state index >= 15 is 0 Å². The zero-order valence-corrected chi connectivity index (χ0v) is 12.4. The molecule has 1 fully saturated rings. The normalized spacial score (nSPS) is 27.0. The third-order valence-corrected chi connectivity index (χ3v) is 3.67. The van der Waals surface area contributed by atoms with E-state index in [2.05, 4.69) is 0 Å². The molecule has 0 spiro atoms. The molecule has 1 aliphatic carbocycles. The van der Waals surface area contributed by atoms with Gasteiger partial charge in [-0.05, 0) is 31.8 Å². The molecule has 0 aromatic heterocycles. The van der Waals surface area contributed by atoms with E-state index in [1.807, 2.05) is 12.2 Å². The van der Waals surface area contributed by atoms with Crippen LogP contribution in [0.15, 0.2) is 12.2 Å². The number of amides is 2. The summed E-state index contributed by atoms with van der Waals surface area (Å²) in [5, 5.41) is 0.570. The molecular formula is C14H18BNO6. The summed E-state index contributed by atoms with van der Waals surface area (Å²) in [6.07, 6.45) is 5.65. The van der Waals surface area contributed by atoms with E-state index in [9.17, 15) is 19.2 Å². The lowest BCUT2D eigenvalue weighted by atomic mass is 9.93. The second kappa shape index (κ2) is 7.24. The number of nitrogens with zero attached hydrogens (tertiary/aromatic N) is 1. The SMILES string of the molecule is BC(=O)OC1/C=C/CCC(C(=O)ON2C(=O)CCC2=O)CC1. The number of carbonyl (C=O) groups excluding carboxylic acids is 4. The van der Waals surface area contributed by atoms with Gasteiger partial charge in [-0.15, -0.1) is 5.06 Å². The fraction of sp³-hybridized carbons (Fsp3) is 0.571. The molecule has 1 saturated heterocycles. The number of rotatable bonds is 3. The van der Waals surface area contributed by atoms with Crippen molar-refractivity contribution < 1.29 is 28.8 Å². The van der Waals surface area contributed by atoms with Gasteiger partial charge in [0.15, 0.2) is 0 Å². The van der Waals surface area contributed by atoms with Crippen molar-refractivity contribution in [1.29, 1.82) is 0 Å². The number of hydrogen-bond donors (Lipinski definition) is 0. The lowest BCUT2D eigenvalue weighted by Gasteiger charge is -2.22. The number of ether oxygens (including phenoxy) is 1. The van der Waals surface area contributed by atoms with Crippen LogP contribution in [-0.2, 0) is 24.0 Å². The molecule has 118 valence electrons. The summed E-state index contributed by atoms with van der Waals surface area (Å²) in [6.45, 7) is 0. The molecule has 7 nitrogen and oxygen atoms in total. The van der Waals surface area contributed by atoms with Crippen molar-refractivity contribution in [2.75, 3.05) is 0 Å². The fourth-order valence-electron chi connectivity index (χ4n) is 2.52. The van der Waals surface area contributed by atoms with Crippen LogP contribution in [0.5, 0.6) is 0 Å². The second-order valence-electron chi connectivity index (χ2n) is 5.42. The molecule has 8 heteroatoms. The molecule has 0 N–H and O–H groups in total. The Morgan fingerprint density at radius 3 is 2.45 bits per heavy atom. The first-order chi connectivity index (χ1) is 10.5. The number of hydrogen-bond acceptors (Lipinski definition) is 6. The zero-order valence-electron chi connectivity index (χ0n) is 12.4. The highest BCUT2D eigenvalue weighted by atomic mass is 16.7. The van der Waals surface area contributed by atoms with Gasteiger partial charge in [0, 0.05) is 12.8 Å². The summed E-state index contributed by atoms with van der Waals surface area (Å²) in [5.74, 6) is -2.35. The van der Waals surface area contributed by atoms with E-state index in [1.54, 1.807) is 0 Å². The van der Waals surface area contributed by atoms with Crippen molar-refractivity contribution >= 4 is 31.5 Å². The Labute approximate surface area is 129 Å². The summed E-state index contributed by atoms with van der Waals surface area (Å²) in [7, 11) is 1.34. The molecule has 2 rings (SSSR count). The molecule has 2 atom stereocenters. The van der Waals surface area contributed by atoms with Gasteiger partial charge in [0.2, 0.25) is 13.7 Å². The lowest BCUT2D eigenvalue weighted by molar-refractivity contribution is -0.201. The number of carbonyl (C=O) groups is 4. The third-order valence-electron chi connectivity index (χ3n) is 3.67. The molecule has 1 heterocycles. The first-order valence-corrected chi connectivity index (χ1v) is 7.39. The molecule has 0 aromatic carbocycles. The molecule has 0 radical (unpaired) electrons. The first kappa shape index (κ1) is 16.3. The maximum atomic E-state index is 12.1. The Morgan fingerprint density at radius 2 is 1.82 bits per heavy atom. The van der Waals surface area contributed by atoms with E-state index in [0.29, 0.717) is 30.7 Å². The summed E-state index contributed by atoms with van der Waals surface area (Å²) in [4.78, 5) is 51.0. The van der Waals surface area contributed by atoms with Gasteiger partial charge in [0.1, 0.15) is 6.10 Å². The van der Waals surface area contributed by atoms with Gasteiger partial charge >= 0.3 is 5.97 Å². The molecule has 0 bridgehead atoms. The minimum absolute atomic E-state index is 0.0774. The van der Waals surface area contributed by atoms with Gasteiger partial charge in [-0.25, -0.2) is 4.79 Å². The van der Waals surface area contributed by atoms with Gasteiger partial charge in [-0.2, -0.15) is 0 Å². The summed E-state index contributed by atoms with van der Waals surface area (Å²) < 4.78 is 5.13. The predicted octanol–water partition coefficient (Wildman–Crippen LogP) is 0.478. The minimum Gasteiger partial charge on any atom is -0.467 e. The van der Waals surface area contributed by atoms with Crippen LogP contribution in [0.3, 0.4) is 0 Å². The molecule has 1 aliphatic heterocycles. The highest BCUT2D eigenvalue weighted by Gasteiger charge is 2.35. The van der Waals surface area contributed by atoms with Crippen LogP contribution in [0, 0.1) is 5.92 Å². The number of imide groups is 1. The third kappa shape index (κ3) is 4.19. The first-order valence-electron chi connectivity index (χ1n) is 7.39. The van der Waals surface area contributed by atoms with Crippen LogP contribution < -0.4 is 0 Å². The number of hydroxylamine groups is 2. The van der Waals surface area contributed by atoms with Crippen LogP contribution in [0.4, 0.5) is 4.79 Å². The van der Waals surface area contributed by atoms with Gasteiger partial charge in [-0.1, -0.05) is 6.08 Å². The Morgan fingerprint density at radius 1 is 1.14 bits per heavy atom. The highest BCUT2D eigenvalue weighted by Crippen LogP contribution is 2.23. The van der Waals surface area contributed by atoms with Crippen molar-refractivity contribution in [1.82, 2.24) is 5.06 Å². The second-order valence-corrected chi connectivity index (χ2v) is 5.42. The van der Waals surface area contributed by atoms with Crippen LogP contribution in [-0.4, -0.2) is 42.7 Å². The Balaban J connectivity index is 1.92. The highest BCUT2D eigenvalue weighted by molar-refractivity contribution is 6.55. The Bertz CT molecular complexity index is 501. The maximum absolute atomic E-state index is 12.1. The van der Waals surface area contributed by atoms with E-state index in [0.717, 1.165) is 0 Å². The van der Waals surface area contributed by atoms with Gasteiger partial charge in [0.05, 0.1) is 5.92 Å². The van der Waals surface area contributed by atoms with Crippen LogP contribution in [0.25, 0.3) is 0 Å². The maximum Gasteiger partial charge on any atom is 0.336 e. The molecule has 0 saturated carbocycles. The molecule has 2 unspecified atom stereocenters. The van der Waals surface area contributed by atoms with E-state index in [-0.39, 0.29) is 24.8 Å². The number of allylic oxidation sites excluding steroid dienone is 1. The van der Waals surface area contributed by atoms with Crippen molar-refractivity contribution in [2.24, 2.45) is 5.92 Å². The summed E-state index contributed by atoms with van der Waals surface area (Å²) >= 11 is 0. The Kier molecular flexibility index (Phi) is 5.35. The van der Waals surface area contributed by atoms with Crippen molar-refractivity contribution in [3.05, 3.63) is 12.2 Å². The summed E-state index contributed by atoms with van der Waals surface area (Å²) in [5.41, 5.74) is 0. The molecular weight excluding hydrogens is 289 g/mol.